The summed E-state index contributed by atoms with van der Waals surface area (Å²) in [5.41, 5.74) is 0.981. The van der Waals surface area contributed by atoms with Crippen LogP contribution >= 0.6 is 0 Å². The first-order chi connectivity index (χ1) is 9.88. The fraction of sp³-hybridized carbons (Fsp3) is 0.500. The van der Waals surface area contributed by atoms with E-state index in [0.717, 1.165) is 5.56 Å². The zero-order valence-corrected chi connectivity index (χ0v) is 12.7. The second kappa shape index (κ2) is 7.78. The predicted molar refractivity (Wildman–Crippen MR) is 80.1 cm³/mol. The lowest BCUT2D eigenvalue weighted by atomic mass is 10.0. The molecular weight excluding hydrogens is 270 g/mol. The van der Waals surface area contributed by atoms with Gasteiger partial charge in [0.1, 0.15) is 6.04 Å². The molecule has 0 heterocycles. The summed E-state index contributed by atoms with van der Waals surface area (Å²) in [7, 11) is 0. The Bertz CT molecular complexity index is 474. The van der Waals surface area contributed by atoms with Gasteiger partial charge in [0, 0.05) is 12.6 Å². The zero-order valence-electron chi connectivity index (χ0n) is 12.7. The molecule has 5 heteroatoms. The summed E-state index contributed by atoms with van der Waals surface area (Å²) in [6.45, 7) is 5.52. The molecule has 0 aliphatic heterocycles. The van der Waals surface area contributed by atoms with Crippen LogP contribution in [0.5, 0.6) is 0 Å². The van der Waals surface area contributed by atoms with E-state index in [2.05, 4.69) is 0 Å². The van der Waals surface area contributed by atoms with E-state index in [1.165, 1.54) is 0 Å². The molecule has 3 unspecified atom stereocenters. The maximum absolute atomic E-state index is 11.5. The number of hydrogen-bond donors (Lipinski definition) is 2. The molecule has 0 spiro atoms. The summed E-state index contributed by atoms with van der Waals surface area (Å²) in [6, 6.07) is 8.69. The van der Waals surface area contributed by atoms with E-state index in [0.29, 0.717) is 6.42 Å². The quantitative estimate of drug-likeness (QED) is 0.770. The fourth-order valence-electron chi connectivity index (χ4n) is 2.42. The minimum absolute atomic E-state index is 0.158. The van der Waals surface area contributed by atoms with Gasteiger partial charge in [-0.3, -0.25) is 14.5 Å². The van der Waals surface area contributed by atoms with Gasteiger partial charge < -0.3 is 10.2 Å². The SMILES string of the molecule is CCC(C(=O)O)N(CC(C)C(=O)O)C(C)c1ccccc1. The van der Waals surface area contributed by atoms with Crippen LogP contribution in [-0.2, 0) is 9.59 Å². The standard InChI is InChI=1S/C16H23NO4/c1-4-14(16(20)21)17(10-11(2)15(18)19)12(3)13-8-6-5-7-9-13/h5-9,11-12,14H,4,10H2,1-3H3,(H,18,19)(H,20,21). The molecule has 1 rings (SSSR count). The lowest BCUT2D eigenvalue weighted by Crippen LogP contribution is -2.45. The molecule has 21 heavy (non-hydrogen) atoms. The van der Waals surface area contributed by atoms with Gasteiger partial charge in [-0.2, -0.15) is 0 Å². The van der Waals surface area contributed by atoms with Gasteiger partial charge in [-0.1, -0.05) is 44.2 Å². The number of benzene rings is 1. The molecule has 0 saturated carbocycles. The summed E-state index contributed by atoms with van der Waals surface area (Å²) < 4.78 is 0. The van der Waals surface area contributed by atoms with E-state index in [-0.39, 0.29) is 12.6 Å². The molecule has 1 aromatic rings. The Morgan fingerprint density at radius 3 is 2.10 bits per heavy atom. The van der Waals surface area contributed by atoms with Gasteiger partial charge in [0.05, 0.1) is 5.92 Å². The van der Waals surface area contributed by atoms with Gasteiger partial charge >= 0.3 is 11.9 Å². The largest absolute Gasteiger partial charge is 0.481 e. The van der Waals surface area contributed by atoms with Crippen LogP contribution in [0.25, 0.3) is 0 Å². The maximum atomic E-state index is 11.5. The van der Waals surface area contributed by atoms with Crippen LogP contribution in [0.3, 0.4) is 0 Å². The number of carboxylic acids is 2. The number of carboxylic acid groups (broad SMARTS) is 2. The third-order valence-corrected chi connectivity index (χ3v) is 3.76. The van der Waals surface area contributed by atoms with Crippen molar-refractivity contribution in [1.29, 1.82) is 0 Å². The lowest BCUT2D eigenvalue weighted by molar-refractivity contribution is -0.148. The molecule has 3 atom stereocenters. The van der Waals surface area contributed by atoms with E-state index in [1.807, 2.05) is 37.3 Å². The zero-order chi connectivity index (χ0) is 16.0. The van der Waals surface area contributed by atoms with Crippen molar-refractivity contribution in [3.63, 3.8) is 0 Å². The summed E-state index contributed by atoms with van der Waals surface area (Å²) in [5, 5.41) is 18.5. The number of hydrogen-bond acceptors (Lipinski definition) is 3. The second-order valence-corrected chi connectivity index (χ2v) is 5.29. The molecule has 0 aromatic heterocycles. The number of aliphatic carboxylic acids is 2. The Morgan fingerprint density at radius 2 is 1.67 bits per heavy atom. The second-order valence-electron chi connectivity index (χ2n) is 5.29. The molecule has 0 radical (unpaired) electrons. The van der Waals surface area contributed by atoms with Crippen LogP contribution in [0.1, 0.15) is 38.8 Å². The molecular formula is C16H23NO4. The average molecular weight is 293 g/mol. The molecule has 0 saturated heterocycles. The van der Waals surface area contributed by atoms with E-state index in [4.69, 9.17) is 5.11 Å². The highest BCUT2D eigenvalue weighted by Crippen LogP contribution is 2.25. The Morgan fingerprint density at radius 1 is 1.10 bits per heavy atom. The van der Waals surface area contributed by atoms with Crippen molar-refractivity contribution in [3.05, 3.63) is 35.9 Å². The first kappa shape index (κ1) is 17.2. The molecule has 116 valence electrons. The van der Waals surface area contributed by atoms with Crippen molar-refractivity contribution < 1.29 is 19.8 Å². The highest BCUT2D eigenvalue weighted by Gasteiger charge is 2.31. The smallest absolute Gasteiger partial charge is 0.320 e. The van der Waals surface area contributed by atoms with E-state index < -0.39 is 23.9 Å². The third-order valence-electron chi connectivity index (χ3n) is 3.76. The molecule has 1 aromatic carbocycles. The monoisotopic (exact) mass is 293 g/mol. The highest BCUT2D eigenvalue weighted by molar-refractivity contribution is 5.74. The topological polar surface area (TPSA) is 77.8 Å². The van der Waals surface area contributed by atoms with Gasteiger partial charge in [-0.15, -0.1) is 0 Å². The van der Waals surface area contributed by atoms with Crippen LogP contribution in [0, 0.1) is 5.92 Å². The number of rotatable bonds is 8. The van der Waals surface area contributed by atoms with Gasteiger partial charge in [0.2, 0.25) is 0 Å². The Kier molecular flexibility index (Phi) is 6.37. The van der Waals surface area contributed by atoms with Crippen molar-refractivity contribution in [3.8, 4) is 0 Å². The fourth-order valence-corrected chi connectivity index (χ4v) is 2.42. The third kappa shape index (κ3) is 4.56. The molecule has 0 aliphatic rings. The van der Waals surface area contributed by atoms with Crippen molar-refractivity contribution in [2.75, 3.05) is 6.54 Å². The maximum Gasteiger partial charge on any atom is 0.320 e. The van der Waals surface area contributed by atoms with Crippen LogP contribution < -0.4 is 0 Å². The van der Waals surface area contributed by atoms with Gasteiger partial charge in [0.15, 0.2) is 0 Å². The molecule has 2 N–H and O–H groups in total. The molecule has 5 nitrogen and oxygen atoms in total. The first-order valence-electron chi connectivity index (χ1n) is 7.14. The summed E-state index contributed by atoms with van der Waals surface area (Å²) in [6.07, 6.45) is 0.429. The molecule has 0 bridgehead atoms. The Hall–Kier alpha value is -1.88. The average Bonchev–Trinajstić information content (AvgIpc) is 2.46. The number of nitrogens with zero attached hydrogens (tertiary/aromatic N) is 1. The lowest BCUT2D eigenvalue weighted by Gasteiger charge is -2.35. The van der Waals surface area contributed by atoms with Crippen LogP contribution in [-0.4, -0.2) is 39.6 Å². The number of carbonyl (C=O) groups is 2. The van der Waals surface area contributed by atoms with E-state index in [1.54, 1.807) is 18.7 Å². The summed E-state index contributed by atoms with van der Waals surface area (Å²) >= 11 is 0. The van der Waals surface area contributed by atoms with Crippen LogP contribution in [0.4, 0.5) is 0 Å². The Balaban J connectivity index is 3.05. The molecule has 0 amide bonds. The molecule has 0 aliphatic carbocycles. The van der Waals surface area contributed by atoms with Crippen LogP contribution in [0.2, 0.25) is 0 Å². The van der Waals surface area contributed by atoms with Gasteiger partial charge in [0.25, 0.3) is 0 Å². The molecule has 0 fully saturated rings. The van der Waals surface area contributed by atoms with Crippen LogP contribution in [0.15, 0.2) is 30.3 Å². The van der Waals surface area contributed by atoms with Gasteiger partial charge in [-0.05, 0) is 18.9 Å². The first-order valence-corrected chi connectivity index (χ1v) is 7.14. The highest BCUT2D eigenvalue weighted by atomic mass is 16.4. The minimum atomic E-state index is -0.919. The van der Waals surface area contributed by atoms with Crippen molar-refractivity contribution in [2.24, 2.45) is 5.92 Å². The normalized spacial score (nSPS) is 15.4. The predicted octanol–water partition coefficient (Wildman–Crippen LogP) is 2.63. The summed E-state index contributed by atoms with van der Waals surface area (Å²) in [5.74, 6) is -2.46. The van der Waals surface area contributed by atoms with Crippen molar-refractivity contribution in [2.45, 2.75) is 39.3 Å². The van der Waals surface area contributed by atoms with E-state index in [9.17, 15) is 14.7 Å². The van der Waals surface area contributed by atoms with Gasteiger partial charge in [-0.25, -0.2) is 0 Å². The Labute approximate surface area is 125 Å². The van der Waals surface area contributed by atoms with Crippen molar-refractivity contribution in [1.82, 2.24) is 4.90 Å². The minimum Gasteiger partial charge on any atom is -0.481 e. The summed E-state index contributed by atoms with van der Waals surface area (Å²) in [4.78, 5) is 24.3. The van der Waals surface area contributed by atoms with Crippen molar-refractivity contribution >= 4 is 11.9 Å². The van der Waals surface area contributed by atoms with E-state index >= 15 is 0 Å².